The van der Waals surface area contributed by atoms with Crippen LogP contribution in [0.1, 0.15) is 72.3 Å². The summed E-state index contributed by atoms with van der Waals surface area (Å²) < 4.78 is 10.8. The molecule has 0 aromatic heterocycles. The van der Waals surface area contributed by atoms with Crippen molar-refractivity contribution in [2.45, 2.75) is 73.1 Å². The van der Waals surface area contributed by atoms with Crippen molar-refractivity contribution >= 4 is 11.9 Å². The van der Waals surface area contributed by atoms with Crippen molar-refractivity contribution in [3.05, 3.63) is 23.8 Å². The first-order chi connectivity index (χ1) is 11.2. The van der Waals surface area contributed by atoms with Crippen molar-refractivity contribution in [2.75, 3.05) is 0 Å². The molecule has 1 aromatic rings. The minimum absolute atomic E-state index is 0.227. The van der Waals surface area contributed by atoms with E-state index in [4.69, 9.17) is 9.47 Å². The van der Waals surface area contributed by atoms with E-state index in [-0.39, 0.29) is 17.4 Å². The zero-order valence-electron chi connectivity index (χ0n) is 15.6. The van der Waals surface area contributed by atoms with Gasteiger partial charge in [0.2, 0.25) is 0 Å². The van der Waals surface area contributed by atoms with Gasteiger partial charge in [-0.3, -0.25) is 9.59 Å². The summed E-state index contributed by atoms with van der Waals surface area (Å²) in [6, 6.07) is 5.46. The van der Waals surface area contributed by atoms with Crippen LogP contribution in [0, 0.1) is 5.41 Å². The summed E-state index contributed by atoms with van der Waals surface area (Å²) in [4.78, 5) is 23.6. The van der Waals surface area contributed by atoms with Gasteiger partial charge in [0.25, 0.3) is 0 Å². The standard InChI is InChI=1S/C20H30O4/c1-6-8-18(21)23-16-11-10-15(12-13-20(3,4)5)14-17(16)24-19(22)9-7-2/h10-11,14H,6-9,12-13H2,1-5H3. The third-order valence-electron chi connectivity index (χ3n) is 3.53. The Balaban J connectivity index is 2.95. The number of carbonyl (C=O) groups excluding carboxylic acids is 2. The highest BCUT2D eigenvalue weighted by atomic mass is 16.6. The lowest BCUT2D eigenvalue weighted by Gasteiger charge is -2.18. The van der Waals surface area contributed by atoms with E-state index in [1.165, 1.54) is 0 Å². The van der Waals surface area contributed by atoms with E-state index in [1.807, 2.05) is 26.0 Å². The van der Waals surface area contributed by atoms with Crippen molar-refractivity contribution in [1.82, 2.24) is 0 Å². The molecule has 0 unspecified atom stereocenters. The van der Waals surface area contributed by atoms with Gasteiger partial charge in [-0.1, -0.05) is 40.7 Å². The van der Waals surface area contributed by atoms with Gasteiger partial charge in [0.15, 0.2) is 11.5 Å². The van der Waals surface area contributed by atoms with Gasteiger partial charge in [-0.05, 0) is 48.8 Å². The van der Waals surface area contributed by atoms with Gasteiger partial charge in [-0.25, -0.2) is 0 Å². The van der Waals surface area contributed by atoms with Crippen LogP contribution < -0.4 is 9.47 Å². The highest BCUT2D eigenvalue weighted by Crippen LogP contribution is 2.31. The molecule has 0 spiro atoms. The van der Waals surface area contributed by atoms with Crippen LogP contribution in [0.3, 0.4) is 0 Å². The zero-order chi connectivity index (χ0) is 18.2. The van der Waals surface area contributed by atoms with Crippen LogP contribution in [0.4, 0.5) is 0 Å². The molecule has 0 saturated carbocycles. The number of ether oxygens (including phenoxy) is 2. The first-order valence-electron chi connectivity index (χ1n) is 8.79. The number of aryl methyl sites for hydroxylation is 1. The Morgan fingerprint density at radius 2 is 1.46 bits per heavy atom. The molecule has 0 aliphatic rings. The Kier molecular flexibility index (Phi) is 7.96. The molecule has 4 nitrogen and oxygen atoms in total. The van der Waals surface area contributed by atoms with Crippen molar-refractivity contribution in [1.29, 1.82) is 0 Å². The third-order valence-corrected chi connectivity index (χ3v) is 3.53. The SMILES string of the molecule is CCCC(=O)Oc1ccc(CCC(C)(C)C)cc1OC(=O)CCC. The first kappa shape index (κ1) is 20.2. The van der Waals surface area contributed by atoms with Crippen LogP contribution in [0.2, 0.25) is 0 Å². The molecule has 134 valence electrons. The summed E-state index contributed by atoms with van der Waals surface area (Å²) in [5.74, 6) is 0.0349. The largest absolute Gasteiger partial charge is 0.423 e. The van der Waals surface area contributed by atoms with Crippen molar-refractivity contribution in [2.24, 2.45) is 5.41 Å². The third kappa shape index (κ3) is 7.62. The maximum atomic E-state index is 11.8. The Morgan fingerprint density at radius 3 is 1.96 bits per heavy atom. The van der Waals surface area contributed by atoms with E-state index in [0.29, 0.717) is 37.2 Å². The molecule has 0 radical (unpaired) electrons. The van der Waals surface area contributed by atoms with Gasteiger partial charge >= 0.3 is 11.9 Å². The van der Waals surface area contributed by atoms with Crippen molar-refractivity contribution in [3.63, 3.8) is 0 Å². The Bertz CT molecular complexity index is 555. The molecule has 0 aliphatic carbocycles. The number of rotatable bonds is 8. The number of hydrogen-bond donors (Lipinski definition) is 0. The molecule has 0 saturated heterocycles. The molecule has 0 bridgehead atoms. The number of hydrogen-bond acceptors (Lipinski definition) is 4. The van der Waals surface area contributed by atoms with Gasteiger partial charge in [0, 0.05) is 12.8 Å². The fourth-order valence-corrected chi connectivity index (χ4v) is 2.15. The lowest BCUT2D eigenvalue weighted by molar-refractivity contribution is -0.137. The highest BCUT2D eigenvalue weighted by molar-refractivity contribution is 5.76. The molecule has 0 atom stereocenters. The smallest absolute Gasteiger partial charge is 0.311 e. The van der Waals surface area contributed by atoms with Gasteiger partial charge in [-0.2, -0.15) is 0 Å². The molecular formula is C20H30O4. The second kappa shape index (κ2) is 9.45. The van der Waals surface area contributed by atoms with E-state index >= 15 is 0 Å². The van der Waals surface area contributed by atoms with E-state index in [2.05, 4.69) is 20.8 Å². The van der Waals surface area contributed by atoms with Crippen LogP contribution in [0.25, 0.3) is 0 Å². The molecule has 0 amide bonds. The molecule has 0 aliphatic heterocycles. The first-order valence-corrected chi connectivity index (χ1v) is 8.79. The second-order valence-corrected chi connectivity index (χ2v) is 7.29. The highest BCUT2D eigenvalue weighted by Gasteiger charge is 2.16. The molecular weight excluding hydrogens is 304 g/mol. The van der Waals surface area contributed by atoms with Gasteiger partial charge in [0.05, 0.1) is 0 Å². The maximum Gasteiger partial charge on any atom is 0.311 e. The summed E-state index contributed by atoms with van der Waals surface area (Å²) >= 11 is 0. The molecule has 24 heavy (non-hydrogen) atoms. The van der Waals surface area contributed by atoms with Crippen LogP contribution >= 0.6 is 0 Å². The molecule has 1 aromatic carbocycles. The number of carbonyl (C=O) groups is 2. The Labute approximate surface area is 145 Å². The van der Waals surface area contributed by atoms with Crippen molar-refractivity contribution < 1.29 is 19.1 Å². The number of esters is 2. The Morgan fingerprint density at radius 1 is 0.917 bits per heavy atom. The van der Waals surface area contributed by atoms with E-state index in [1.54, 1.807) is 6.07 Å². The average molecular weight is 334 g/mol. The normalized spacial score (nSPS) is 11.2. The van der Waals surface area contributed by atoms with Gasteiger partial charge in [0.1, 0.15) is 0 Å². The van der Waals surface area contributed by atoms with Crippen LogP contribution in [0.5, 0.6) is 11.5 Å². The fraction of sp³-hybridized carbons (Fsp3) is 0.600. The summed E-state index contributed by atoms with van der Waals surface area (Å²) in [5, 5.41) is 0. The van der Waals surface area contributed by atoms with E-state index in [0.717, 1.165) is 18.4 Å². The van der Waals surface area contributed by atoms with Gasteiger partial charge in [-0.15, -0.1) is 0 Å². The summed E-state index contributed by atoms with van der Waals surface area (Å²) in [7, 11) is 0. The molecule has 0 fully saturated rings. The fourth-order valence-electron chi connectivity index (χ4n) is 2.15. The van der Waals surface area contributed by atoms with Crippen LogP contribution in [-0.4, -0.2) is 11.9 Å². The number of benzene rings is 1. The monoisotopic (exact) mass is 334 g/mol. The van der Waals surface area contributed by atoms with Gasteiger partial charge < -0.3 is 9.47 Å². The molecule has 0 heterocycles. The molecule has 4 heteroatoms. The van der Waals surface area contributed by atoms with Crippen molar-refractivity contribution in [3.8, 4) is 11.5 Å². The average Bonchev–Trinajstić information content (AvgIpc) is 2.47. The quantitative estimate of drug-likeness (QED) is 0.491. The lowest BCUT2D eigenvalue weighted by Crippen LogP contribution is -2.12. The maximum absolute atomic E-state index is 11.8. The Hall–Kier alpha value is -1.84. The summed E-state index contributed by atoms with van der Waals surface area (Å²) in [6.45, 7) is 10.4. The van der Waals surface area contributed by atoms with Crippen LogP contribution in [0.15, 0.2) is 18.2 Å². The zero-order valence-corrected chi connectivity index (χ0v) is 15.6. The second-order valence-electron chi connectivity index (χ2n) is 7.29. The summed E-state index contributed by atoms with van der Waals surface area (Å²) in [5.41, 5.74) is 1.30. The predicted molar refractivity (Wildman–Crippen MR) is 95.3 cm³/mol. The minimum atomic E-state index is -0.312. The summed E-state index contributed by atoms with van der Waals surface area (Å²) in [6.07, 6.45) is 4.01. The minimum Gasteiger partial charge on any atom is -0.423 e. The van der Waals surface area contributed by atoms with Crippen LogP contribution in [-0.2, 0) is 16.0 Å². The molecule has 0 N–H and O–H groups in total. The van der Waals surface area contributed by atoms with E-state index < -0.39 is 0 Å². The predicted octanol–water partition coefficient (Wildman–Crippen LogP) is 5.08. The lowest BCUT2D eigenvalue weighted by atomic mass is 9.88. The topological polar surface area (TPSA) is 52.6 Å². The van der Waals surface area contributed by atoms with E-state index in [9.17, 15) is 9.59 Å². The molecule has 1 rings (SSSR count).